The summed E-state index contributed by atoms with van der Waals surface area (Å²) < 4.78 is 10.6. The summed E-state index contributed by atoms with van der Waals surface area (Å²) in [4.78, 5) is 14.8. The van der Waals surface area contributed by atoms with E-state index in [4.69, 9.17) is 9.47 Å². The Morgan fingerprint density at radius 2 is 1.97 bits per heavy atom. The highest BCUT2D eigenvalue weighted by atomic mass is 16.5. The van der Waals surface area contributed by atoms with Gasteiger partial charge in [0.1, 0.15) is 11.5 Å². The molecule has 1 saturated heterocycles. The summed E-state index contributed by atoms with van der Waals surface area (Å²) in [6, 6.07) is 17.9. The minimum atomic E-state index is 0.0729. The molecule has 4 rings (SSSR count). The SMILES string of the molecule is COc1ccc(-c2cc(N3CCCC(NC(=O)CCc4ccccc4OC)C3)n[nH]2)cc1. The molecule has 1 unspecified atom stereocenters. The van der Waals surface area contributed by atoms with Crippen molar-refractivity contribution < 1.29 is 14.3 Å². The van der Waals surface area contributed by atoms with Gasteiger partial charge in [0.25, 0.3) is 0 Å². The number of amides is 1. The number of para-hydroxylation sites is 1. The standard InChI is InChI=1S/C25H30N4O3/c1-31-21-12-9-18(10-13-21)22-16-24(28-27-22)29-15-5-7-20(17-29)26-25(30)14-11-19-6-3-4-8-23(19)32-2/h3-4,6,8-10,12-13,16,20H,5,7,11,14-15,17H2,1-2H3,(H,26,30)(H,27,28). The van der Waals surface area contributed by atoms with Gasteiger partial charge in [-0.05, 0) is 60.7 Å². The van der Waals surface area contributed by atoms with Gasteiger partial charge in [-0.15, -0.1) is 0 Å². The fourth-order valence-corrected chi connectivity index (χ4v) is 4.15. The Hall–Kier alpha value is -3.48. The quantitative estimate of drug-likeness (QED) is 0.564. The van der Waals surface area contributed by atoms with E-state index in [2.05, 4.69) is 26.5 Å². The largest absolute Gasteiger partial charge is 0.497 e. The molecule has 2 N–H and O–H groups in total. The third-order valence-electron chi connectivity index (χ3n) is 5.89. The smallest absolute Gasteiger partial charge is 0.220 e. The predicted octanol–water partition coefficient (Wildman–Crippen LogP) is 3.81. The van der Waals surface area contributed by atoms with Gasteiger partial charge in [-0.3, -0.25) is 9.89 Å². The van der Waals surface area contributed by atoms with Crippen molar-refractivity contribution >= 4 is 11.7 Å². The molecular weight excluding hydrogens is 404 g/mol. The Morgan fingerprint density at radius 1 is 1.16 bits per heavy atom. The van der Waals surface area contributed by atoms with Gasteiger partial charge < -0.3 is 19.7 Å². The summed E-state index contributed by atoms with van der Waals surface area (Å²) in [6.07, 6.45) is 3.10. The minimum Gasteiger partial charge on any atom is -0.497 e. The Balaban J connectivity index is 1.32. The van der Waals surface area contributed by atoms with Crippen LogP contribution in [0, 0.1) is 0 Å². The first-order valence-corrected chi connectivity index (χ1v) is 11.0. The monoisotopic (exact) mass is 434 g/mol. The van der Waals surface area contributed by atoms with Crippen LogP contribution in [-0.2, 0) is 11.2 Å². The van der Waals surface area contributed by atoms with E-state index >= 15 is 0 Å². The number of H-pyrrole nitrogens is 1. The van der Waals surface area contributed by atoms with Gasteiger partial charge >= 0.3 is 0 Å². The van der Waals surface area contributed by atoms with E-state index in [0.29, 0.717) is 12.8 Å². The normalized spacial score (nSPS) is 15.9. The summed E-state index contributed by atoms with van der Waals surface area (Å²) >= 11 is 0. The first kappa shape index (κ1) is 21.7. The molecule has 0 spiro atoms. The lowest BCUT2D eigenvalue weighted by atomic mass is 10.0. The van der Waals surface area contributed by atoms with E-state index in [1.165, 1.54) is 0 Å². The molecule has 2 heterocycles. The second-order valence-corrected chi connectivity index (χ2v) is 8.03. The molecular formula is C25H30N4O3. The maximum Gasteiger partial charge on any atom is 0.220 e. The highest BCUT2D eigenvalue weighted by Crippen LogP contribution is 2.26. The fraction of sp³-hybridized carbons (Fsp3) is 0.360. The van der Waals surface area contributed by atoms with E-state index < -0.39 is 0 Å². The van der Waals surface area contributed by atoms with E-state index in [1.54, 1.807) is 14.2 Å². The second-order valence-electron chi connectivity index (χ2n) is 8.03. The zero-order valence-corrected chi connectivity index (χ0v) is 18.6. The zero-order chi connectivity index (χ0) is 22.3. The van der Waals surface area contributed by atoms with Gasteiger partial charge in [-0.1, -0.05) is 18.2 Å². The Kier molecular flexibility index (Phi) is 6.94. The Labute approximate surface area is 188 Å². The number of aromatic amines is 1. The number of carbonyl (C=O) groups excluding carboxylic acids is 1. The van der Waals surface area contributed by atoms with Crippen LogP contribution in [0.1, 0.15) is 24.8 Å². The molecule has 3 aromatic rings. The topological polar surface area (TPSA) is 79.5 Å². The summed E-state index contributed by atoms with van der Waals surface area (Å²) in [6.45, 7) is 1.69. The van der Waals surface area contributed by atoms with Crippen molar-refractivity contribution in [2.24, 2.45) is 0 Å². The molecule has 0 aliphatic carbocycles. The number of nitrogens with zero attached hydrogens (tertiary/aromatic N) is 2. The number of rotatable bonds is 8. The van der Waals surface area contributed by atoms with Gasteiger partial charge in [-0.2, -0.15) is 5.10 Å². The number of benzene rings is 2. The van der Waals surface area contributed by atoms with E-state index in [9.17, 15) is 4.79 Å². The summed E-state index contributed by atoms with van der Waals surface area (Å²) in [7, 11) is 3.32. The third-order valence-corrected chi connectivity index (χ3v) is 5.89. The van der Waals surface area contributed by atoms with E-state index in [1.807, 2.05) is 48.5 Å². The lowest BCUT2D eigenvalue weighted by Crippen LogP contribution is -2.48. The van der Waals surface area contributed by atoms with Crippen LogP contribution in [0.25, 0.3) is 11.3 Å². The highest BCUT2D eigenvalue weighted by Gasteiger charge is 2.23. The molecule has 1 aliphatic rings. The number of hydrogen-bond acceptors (Lipinski definition) is 5. The average Bonchev–Trinajstić information content (AvgIpc) is 3.33. The number of ether oxygens (including phenoxy) is 2. The van der Waals surface area contributed by atoms with Crippen LogP contribution in [0.4, 0.5) is 5.82 Å². The molecule has 1 aliphatic heterocycles. The molecule has 1 atom stereocenters. The molecule has 0 saturated carbocycles. The molecule has 7 heteroatoms. The summed E-state index contributed by atoms with van der Waals surface area (Å²) in [5.41, 5.74) is 3.08. The van der Waals surface area contributed by atoms with Crippen LogP contribution in [0.2, 0.25) is 0 Å². The lowest BCUT2D eigenvalue weighted by molar-refractivity contribution is -0.121. The van der Waals surface area contributed by atoms with E-state index in [-0.39, 0.29) is 11.9 Å². The average molecular weight is 435 g/mol. The number of methoxy groups -OCH3 is 2. The van der Waals surface area contributed by atoms with Crippen molar-refractivity contribution in [2.45, 2.75) is 31.7 Å². The first-order chi connectivity index (χ1) is 15.7. The minimum absolute atomic E-state index is 0.0729. The molecule has 0 radical (unpaired) electrons. The number of carbonyl (C=O) groups is 1. The molecule has 2 aromatic carbocycles. The van der Waals surface area contributed by atoms with Gasteiger partial charge in [0, 0.05) is 31.6 Å². The number of aryl methyl sites for hydroxylation is 1. The van der Waals surface area contributed by atoms with Gasteiger partial charge in [0.2, 0.25) is 5.91 Å². The molecule has 168 valence electrons. The van der Waals surface area contributed by atoms with Crippen LogP contribution in [-0.4, -0.2) is 49.5 Å². The molecule has 1 aromatic heterocycles. The molecule has 7 nitrogen and oxygen atoms in total. The van der Waals surface area contributed by atoms with Crippen molar-refractivity contribution in [3.8, 4) is 22.8 Å². The number of aromatic nitrogens is 2. The molecule has 32 heavy (non-hydrogen) atoms. The Bertz CT molecular complexity index is 1030. The van der Waals surface area contributed by atoms with Crippen molar-refractivity contribution in [3.63, 3.8) is 0 Å². The van der Waals surface area contributed by atoms with Crippen LogP contribution in [0.15, 0.2) is 54.6 Å². The lowest BCUT2D eigenvalue weighted by Gasteiger charge is -2.33. The summed E-state index contributed by atoms with van der Waals surface area (Å²) in [5, 5.41) is 10.8. The maximum absolute atomic E-state index is 12.6. The third kappa shape index (κ3) is 5.22. The number of piperidine rings is 1. The Morgan fingerprint density at radius 3 is 2.75 bits per heavy atom. The van der Waals surface area contributed by atoms with Crippen molar-refractivity contribution in [1.82, 2.24) is 15.5 Å². The second kappa shape index (κ2) is 10.2. The van der Waals surface area contributed by atoms with Crippen LogP contribution >= 0.6 is 0 Å². The van der Waals surface area contributed by atoms with Crippen molar-refractivity contribution in [3.05, 3.63) is 60.2 Å². The van der Waals surface area contributed by atoms with Crippen molar-refractivity contribution in [1.29, 1.82) is 0 Å². The number of nitrogens with one attached hydrogen (secondary N) is 2. The van der Waals surface area contributed by atoms with Crippen LogP contribution in [0.3, 0.4) is 0 Å². The van der Waals surface area contributed by atoms with Gasteiger partial charge in [-0.25, -0.2) is 0 Å². The fourth-order valence-electron chi connectivity index (χ4n) is 4.15. The van der Waals surface area contributed by atoms with Crippen LogP contribution < -0.4 is 19.7 Å². The molecule has 1 fully saturated rings. The van der Waals surface area contributed by atoms with Crippen LogP contribution in [0.5, 0.6) is 11.5 Å². The molecule has 1 amide bonds. The van der Waals surface area contributed by atoms with Gasteiger partial charge in [0.15, 0.2) is 5.82 Å². The number of hydrogen-bond donors (Lipinski definition) is 2. The van der Waals surface area contributed by atoms with Gasteiger partial charge in [0.05, 0.1) is 19.9 Å². The zero-order valence-electron chi connectivity index (χ0n) is 18.6. The number of anilines is 1. The van der Waals surface area contributed by atoms with E-state index in [0.717, 1.165) is 60.1 Å². The summed E-state index contributed by atoms with van der Waals surface area (Å²) in [5.74, 6) is 2.64. The molecule has 0 bridgehead atoms. The maximum atomic E-state index is 12.6. The van der Waals surface area contributed by atoms with Crippen molar-refractivity contribution in [2.75, 3.05) is 32.2 Å². The predicted molar refractivity (Wildman–Crippen MR) is 125 cm³/mol. The first-order valence-electron chi connectivity index (χ1n) is 11.0. The highest BCUT2D eigenvalue weighted by molar-refractivity contribution is 5.76.